The van der Waals surface area contributed by atoms with Gasteiger partial charge >= 0.3 is 6.03 Å². The molecule has 20 heavy (non-hydrogen) atoms. The van der Waals surface area contributed by atoms with E-state index in [4.69, 9.17) is 0 Å². The third-order valence-electron chi connectivity index (χ3n) is 3.08. The highest BCUT2D eigenvalue weighted by Gasteiger charge is 2.27. The number of aliphatic imine (C=N–C) groups is 1. The van der Waals surface area contributed by atoms with Crippen LogP contribution in [0.5, 0.6) is 0 Å². The highest BCUT2D eigenvalue weighted by Crippen LogP contribution is 2.21. The van der Waals surface area contributed by atoms with Gasteiger partial charge in [0.15, 0.2) is 5.17 Å². The Morgan fingerprint density at radius 1 is 1.40 bits per heavy atom. The van der Waals surface area contributed by atoms with Crippen molar-refractivity contribution in [3.05, 3.63) is 29.3 Å². The number of nitrogens with one attached hydrogen (secondary N) is 1. The van der Waals surface area contributed by atoms with Crippen molar-refractivity contribution in [2.75, 3.05) is 17.6 Å². The van der Waals surface area contributed by atoms with Crippen LogP contribution in [0.15, 0.2) is 23.2 Å². The SMILES string of the molecule is CCN1C(=O)CSC1=NC(=O)Nc1c(C)cccc1C. The minimum Gasteiger partial charge on any atom is -0.305 e. The molecule has 0 aromatic heterocycles. The summed E-state index contributed by atoms with van der Waals surface area (Å²) in [6, 6.07) is 5.36. The number of hydrogen-bond acceptors (Lipinski definition) is 3. The number of hydrogen-bond donors (Lipinski definition) is 1. The van der Waals surface area contributed by atoms with Crippen molar-refractivity contribution in [2.24, 2.45) is 4.99 Å². The van der Waals surface area contributed by atoms with Gasteiger partial charge in [-0.25, -0.2) is 4.79 Å². The average molecular weight is 291 g/mol. The van der Waals surface area contributed by atoms with Crippen molar-refractivity contribution in [2.45, 2.75) is 20.8 Å². The Morgan fingerprint density at radius 2 is 2.05 bits per heavy atom. The van der Waals surface area contributed by atoms with Crippen molar-refractivity contribution >= 4 is 34.6 Å². The second-order valence-corrected chi connectivity index (χ2v) is 5.46. The molecule has 0 spiro atoms. The Hall–Kier alpha value is -1.82. The van der Waals surface area contributed by atoms with Gasteiger partial charge in [0, 0.05) is 12.2 Å². The van der Waals surface area contributed by atoms with Gasteiger partial charge in [0.1, 0.15) is 0 Å². The largest absolute Gasteiger partial charge is 0.347 e. The molecule has 1 saturated heterocycles. The van der Waals surface area contributed by atoms with Gasteiger partial charge < -0.3 is 5.32 Å². The van der Waals surface area contributed by atoms with Crippen LogP contribution < -0.4 is 5.32 Å². The lowest BCUT2D eigenvalue weighted by Gasteiger charge is -2.13. The maximum atomic E-state index is 12.0. The van der Waals surface area contributed by atoms with E-state index in [2.05, 4.69) is 10.3 Å². The summed E-state index contributed by atoms with van der Waals surface area (Å²) < 4.78 is 0. The summed E-state index contributed by atoms with van der Waals surface area (Å²) in [6.07, 6.45) is 0. The lowest BCUT2D eigenvalue weighted by atomic mass is 10.1. The Morgan fingerprint density at radius 3 is 2.65 bits per heavy atom. The number of anilines is 1. The molecule has 1 aliphatic heterocycles. The molecular formula is C14H17N3O2S. The summed E-state index contributed by atoms with van der Waals surface area (Å²) in [4.78, 5) is 29.1. The summed E-state index contributed by atoms with van der Waals surface area (Å²) in [5.74, 6) is 0.347. The van der Waals surface area contributed by atoms with Crippen LogP contribution >= 0.6 is 11.8 Å². The lowest BCUT2D eigenvalue weighted by Crippen LogP contribution is -2.30. The maximum Gasteiger partial charge on any atom is 0.347 e. The zero-order valence-electron chi connectivity index (χ0n) is 11.8. The van der Waals surface area contributed by atoms with E-state index < -0.39 is 6.03 Å². The van der Waals surface area contributed by atoms with Crippen LogP contribution in [0.4, 0.5) is 10.5 Å². The molecule has 5 nitrogen and oxygen atoms in total. The molecule has 0 aliphatic carbocycles. The molecule has 6 heteroatoms. The number of urea groups is 1. The van der Waals surface area contributed by atoms with Gasteiger partial charge in [-0.1, -0.05) is 30.0 Å². The lowest BCUT2D eigenvalue weighted by molar-refractivity contribution is -0.123. The molecule has 1 heterocycles. The second-order valence-electron chi connectivity index (χ2n) is 4.52. The molecule has 0 saturated carbocycles. The molecule has 2 rings (SSSR count). The molecule has 1 aliphatic rings. The highest BCUT2D eigenvalue weighted by molar-refractivity contribution is 8.15. The summed E-state index contributed by atoms with van der Waals surface area (Å²) >= 11 is 1.30. The van der Waals surface area contributed by atoms with Crippen LogP contribution in [-0.2, 0) is 4.79 Å². The number of nitrogens with zero attached hydrogens (tertiary/aromatic N) is 2. The Labute approximate surface area is 122 Å². The van der Waals surface area contributed by atoms with Gasteiger partial charge in [0.2, 0.25) is 5.91 Å². The number of amidine groups is 1. The molecule has 1 aromatic carbocycles. The summed E-state index contributed by atoms with van der Waals surface area (Å²) in [6.45, 7) is 6.26. The summed E-state index contributed by atoms with van der Waals surface area (Å²) in [5.41, 5.74) is 2.75. The highest BCUT2D eigenvalue weighted by atomic mass is 32.2. The number of benzene rings is 1. The standard InChI is InChI=1S/C14H17N3O2S/c1-4-17-11(18)8-20-14(17)16-13(19)15-12-9(2)6-5-7-10(12)3/h5-7H,4,8H2,1-3H3,(H,15,19). The predicted octanol–water partition coefficient (Wildman–Crippen LogP) is 2.79. The van der Waals surface area contributed by atoms with E-state index >= 15 is 0 Å². The van der Waals surface area contributed by atoms with Crippen LogP contribution in [0.3, 0.4) is 0 Å². The van der Waals surface area contributed by atoms with Gasteiger partial charge in [0.25, 0.3) is 0 Å². The van der Waals surface area contributed by atoms with Gasteiger partial charge in [0.05, 0.1) is 5.75 Å². The fourth-order valence-corrected chi connectivity index (χ4v) is 2.97. The number of carbonyl (C=O) groups excluding carboxylic acids is 2. The first-order chi connectivity index (χ1) is 9.52. The van der Waals surface area contributed by atoms with E-state index in [1.165, 1.54) is 16.7 Å². The molecule has 0 radical (unpaired) electrons. The van der Waals surface area contributed by atoms with Gasteiger partial charge in [-0.15, -0.1) is 0 Å². The first-order valence-corrected chi connectivity index (χ1v) is 7.40. The monoisotopic (exact) mass is 291 g/mol. The number of thioether (sulfide) groups is 1. The molecule has 3 amide bonds. The quantitative estimate of drug-likeness (QED) is 0.911. The minimum atomic E-state index is -0.446. The number of aryl methyl sites for hydroxylation is 2. The molecule has 0 bridgehead atoms. The average Bonchev–Trinajstić information content (AvgIpc) is 2.74. The van der Waals surface area contributed by atoms with E-state index in [1.54, 1.807) is 0 Å². The van der Waals surface area contributed by atoms with E-state index in [9.17, 15) is 9.59 Å². The number of carbonyl (C=O) groups is 2. The Balaban J connectivity index is 2.15. The topological polar surface area (TPSA) is 61.8 Å². The van der Waals surface area contributed by atoms with Crippen molar-refractivity contribution in [3.8, 4) is 0 Å². The molecule has 106 valence electrons. The number of amides is 3. The Kier molecular flexibility index (Phi) is 4.44. The van der Waals surface area contributed by atoms with Crippen LogP contribution in [0.2, 0.25) is 0 Å². The van der Waals surface area contributed by atoms with Crippen LogP contribution in [0.25, 0.3) is 0 Å². The molecule has 1 N–H and O–H groups in total. The minimum absolute atomic E-state index is 0.00359. The van der Waals surface area contributed by atoms with Crippen LogP contribution in [0, 0.1) is 13.8 Å². The van der Waals surface area contributed by atoms with E-state index in [0.29, 0.717) is 17.5 Å². The molecular weight excluding hydrogens is 274 g/mol. The number of rotatable bonds is 2. The first kappa shape index (κ1) is 14.6. The summed E-state index contributed by atoms with van der Waals surface area (Å²) in [7, 11) is 0. The second kappa shape index (κ2) is 6.09. The van der Waals surface area contributed by atoms with Crippen molar-refractivity contribution < 1.29 is 9.59 Å². The van der Waals surface area contributed by atoms with E-state index in [-0.39, 0.29) is 5.91 Å². The van der Waals surface area contributed by atoms with Gasteiger partial charge in [-0.2, -0.15) is 4.99 Å². The van der Waals surface area contributed by atoms with Gasteiger partial charge in [-0.05, 0) is 31.9 Å². The maximum absolute atomic E-state index is 12.0. The molecule has 1 aromatic rings. The van der Waals surface area contributed by atoms with Crippen LogP contribution in [0.1, 0.15) is 18.1 Å². The zero-order chi connectivity index (χ0) is 14.7. The van der Waals surface area contributed by atoms with Crippen molar-refractivity contribution in [1.82, 2.24) is 4.90 Å². The fourth-order valence-electron chi connectivity index (χ4n) is 2.03. The third kappa shape index (κ3) is 3.01. The normalized spacial score (nSPS) is 16.9. The number of para-hydroxylation sites is 1. The van der Waals surface area contributed by atoms with Gasteiger partial charge in [-0.3, -0.25) is 9.69 Å². The van der Waals surface area contributed by atoms with Crippen LogP contribution in [-0.4, -0.2) is 34.3 Å². The predicted molar refractivity (Wildman–Crippen MR) is 82.2 cm³/mol. The smallest absolute Gasteiger partial charge is 0.305 e. The molecule has 1 fully saturated rings. The van der Waals surface area contributed by atoms with Crippen molar-refractivity contribution in [3.63, 3.8) is 0 Å². The van der Waals surface area contributed by atoms with E-state index in [1.807, 2.05) is 39.0 Å². The zero-order valence-corrected chi connectivity index (χ0v) is 12.6. The van der Waals surface area contributed by atoms with Crippen molar-refractivity contribution in [1.29, 1.82) is 0 Å². The third-order valence-corrected chi connectivity index (χ3v) is 4.04. The first-order valence-electron chi connectivity index (χ1n) is 6.42. The molecule has 0 atom stereocenters. The fraction of sp³-hybridized carbons (Fsp3) is 0.357. The molecule has 0 unspecified atom stereocenters. The Bertz CT molecular complexity index is 564. The van der Waals surface area contributed by atoms with E-state index in [0.717, 1.165) is 16.8 Å². The summed E-state index contributed by atoms with van der Waals surface area (Å²) in [5, 5.41) is 3.26.